The summed E-state index contributed by atoms with van der Waals surface area (Å²) in [4.78, 5) is 8.73. The van der Waals surface area contributed by atoms with Crippen LogP contribution >= 0.6 is 0 Å². The van der Waals surface area contributed by atoms with Crippen LogP contribution in [0.2, 0.25) is 0 Å². The lowest BCUT2D eigenvalue weighted by molar-refractivity contribution is 0.634. The van der Waals surface area contributed by atoms with Crippen LogP contribution in [0.15, 0.2) is 36.7 Å². The van der Waals surface area contributed by atoms with Crippen molar-refractivity contribution in [3.8, 4) is 0 Å². The minimum Gasteiger partial charge on any atom is -0.369 e. The first-order chi connectivity index (χ1) is 9.86. The second kappa shape index (κ2) is 5.90. The van der Waals surface area contributed by atoms with Crippen LogP contribution in [0.3, 0.4) is 0 Å². The molecule has 0 aliphatic heterocycles. The average Bonchev–Trinajstić information content (AvgIpc) is 2.46. The smallest absolute Gasteiger partial charge is 0.146 e. The summed E-state index contributed by atoms with van der Waals surface area (Å²) in [5.74, 6) is 2.28. The molecule has 0 spiro atoms. The number of fused-ring (bicyclic) bond motifs is 1. The Morgan fingerprint density at radius 3 is 2.75 bits per heavy atom. The highest BCUT2D eigenvalue weighted by molar-refractivity contribution is 5.44. The second-order valence-electron chi connectivity index (χ2n) is 5.20. The lowest BCUT2D eigenvalue weighted by Crippen LogP contribution is -2.24. The van der Waals surface area contributed by atoms with Gasteiger partial charge in [-0.25, -0.2) is 4.98 Å². The molecule has 0 amide bonds. The van der Waals surface area contributed by atoms with Crippen molar-refractivity contribution >= 4 is 11.6 Å². The van der Waals surface area contributed by atoms with Crippen molar-refractivity contribution in [2.75, 3.05) is 23.7 Å². The molecule has 1 aliphatic carbocycles. The van der Waals surface area contributed by atoms with Gasteiger partial charge in [-0.2, -0.15) is 0 Å². The standard InChI is InChI=1S/C16H20N4/c1-2-7-18-15-10-17-11-16(20-15)19-9-13-8-12-5-3-4-6-14(12)13/h3-6,10-11,13H,2,7-9H2,1H3,(H2,18,19,20). The highest BCUT2D eigenvalue weighted by Crippen LogP contribution is 2.34. The third kappa shape index (κ3) is 2.74. The molecule has 4 heteroatoms. The van der Waals surface area contributed by atoms with Crippen LogP contribution in [0.25, 0.3) is 0 Å². The van der Waals surface area contributed by atoms with Crippen molar-refractivity contribution < 1.29 is 0 Å². The summed E-state index contributed by atoms with van der Waals surface area (Å²) in [6, 6.07) is 8.65. The van der Waals surface area contributed by atoms with Gasteiger partial charge in [0.05, 0.1) is 12.4 Å². The van der Waals surface area contributed by atoms with Gasteiger partial charge < -0.3 is 10.6 Å². The van der Waals surface area contributed by atoms with E-state index in [9.17, 15) is 0 Å². The number of nitrogens with one attached hydrogen (secondary N) is 2. The SMILES string of the molecule is CCCNc1cncc(NCC2Cc3ccccc32)n1. The molecule has 3 rings (SSSR count). The van der Waals surface area contributed by atoms with Crippen molar-refractivity contribution in [3.63, 3.8) is 0 Å². The number of rotatable bonds is 6. The van der Waals surface area contributed by atoms with Gasteiger partial charge in [0.15, 0.2) is 0 Å². The molecule has 0 saturated carbocycles. The molecule has 2 aromatic rings. The van der Waals surface area contributed by atoms with Gasteiger partial charge in [0.2, 0.25) is 0 Å². The van der Waals surface area contributed by atoms with Crippen molar-refractivity contribution in [3.05, 3.63) is 47.8 Å². The molecule has 0 saturated heterocycles. The minimum atomic E-state index is 0.597. The summed E-state index contributed by atoms with van der Waals surface area (Å²) in [5.41, 5.74) is 2.94. The lowest BCUT2D eigenvalue weighted by atomic mass is 9.78. The van der Waals surface area contributed by atoms with Gasteiger partial charge in [0.1, 0.15) is 11.6 Å². The number of nitrogens with zero attached hydrogens (tertiary/aromatic N) is 2. The van der Waals surface area contributed by atoms with E-state index in [0.717, 1.165) is 37.6 Å². The zero-order chi connectivity index (χ0) is 13.8. The molecule has 20 heavy (non-hydrogen) atoms. The summed E-state index contributed by atoms with van der Waals surface area (Å²) in [5, 5.41) is 6.64. The van der Waals surface area contributed by atoms with Crippen LogP contribution < -0.4 is 10.6 Å². The predicted molar refractivity (Wildman–Crippen MR) is 82.2 cm³/mol. The molecule has 0 bridgehead atoms. The van der Waals surface area contributed by atoms with Gasteiger partial charge in [0.25, 0.3) is 0 Å². The van der Waals surface area contributed by atoms with E-state index in [1.165, 1.54) is 11.1 Å². The molecule has 2 N–H and O–H groups in total. The summed E-state index contributed by atoms with van der Waals surface area (Å²) < 4.78 is 0. The first-order valence-corrected chi connectivity index (χ1v) is 7.24. The molecule has 0 radical (unpaired) electrons. The van der Waals surface area contributed by atoms with Gasteiger partial charge in [-0.3, -0.25) is 4.98 Å². The molecule has 1 aromatic carbocycles. The van der Waals surface area contributed by atoms with Gasteiger partial charge in [-0.15, -0.1) is 0 Å². The summed E-state index contributed by atoms with van der Waals surface area (Å²) >= 11 is 0. The molecule has 1 aromatic heterocycles. The Morgan fingerprint density at radius 1 is 1.15 bits per heavy atom. The molecule has 1 heterocycles. The molecule has 1 aliphatic rings. The highest BCUT2D eigenvalue weighted by atomic mass is 15.1. The van der Waals surface area contributed by atoms with Crippen LogP contribution in [0, 0.1) is 0 Å². The van der Waals surface area contributed by atoms with Crippen LogP contribution in [0.5, 0.6) is 0 Å². The first kappa shape index (κ1) is 12.9. The fourth-order valence-electron chi connectivity index (χ4n) is 2.56. The van der Waals surface area contributed by atoms with Gasteiger partial charge in [-0.05, 0) is 24.0 Å². The van der Waals surface area contributed by atoms with Crippen molar-refractivity contribution in [2.24, 2.45) is 0 Å². The van der Waals surface area contributed by atoms with Gasteiger partial charge >= 0.3 is 0 Å². The van der Waals surface area contributed by atoms with Crippen molar-refractivity contribution in [2.45, 2.75) is 25.7 Å². The third-order valence-electron chi connectivity index (χ3n) is 3.68. The fraction of sp³-hybridized carbons (Fsp3) is 0.375. The lowest BCUT2D eigenvalue weighted by Gasteiger charge is -2.30. The Bertz CT molecular complexity index is 582. The third-order valence-corrected chi connectivity index (χ3v) is 3.68. The summed E-state index contributed by atoms with van der Waals surface area (Å²) in [6.45, 7) is 3.98. The van der Waals surface area contributed by atoms with E-state index in [1.807, 2.05) is 0 Å². The van der Waals surface area contributed by atoms with Crippen molar-refractivity contribution in [1.29, 1.82) is 0 Å². The number of hydrogen-bond donors (Lipinski definition) is 2. The number of anilines is 2. The maximum atomic E-state index is 4.51. The fourth-order valence-corrected chi connectivity index (χ4v) is 2.56. The summed E-state index contributed by atoms with van der Waals surface area (Å²) in [6.07, 6.45) is 5.78. The monoisotopic (exact) mass is 268 g/mol. The van der Waals surface area contributed by atoms with E-state index < -0.39 is 0 Å². The zero-order valence-electron chi connectivity index (χ0n) is 11.8. The minimum absolute atomic E-state index is 0.597. The largest absolute Gasteiger partial charge is 0.369 e. The van der Waals surface area contributed by atoms with E-state index in [4.69, 9.17) is 0 Å². The van der Waals surface area contributed by atoms with E-state index in [-0.39, 0.29) is 0 Å². The topological polar surface area (TPSA) is 49.8 Å². The first-order valence-electron chi connectivity index (χ1n) is 7.24. The van der Waals surface area contributed by atoms with E-state index in [2.05, 4.69) is 51.8 Å². The molecular weight excluding hydrogens is 248 g/mol. The Morgan fingerprint density at radius 2 is 1.95 bits per heavy atom. The molecule has 104 valence electrons. The van der Waals surface area contributed by atoms with E-state index >= 15 is 0 Å². The maximum absolute atomic E-state index is 4.51. The Balaban J connectivity index is 1.57. The molecule has 4 nitrogen and oxygen atoms in total. The molecule has 1 unspecified atom stereocenters. The van der Waals surface area contributed by atoms with Crippen molar-refractivity contribution in [1.82, 2.24) is 9.97 Å². The van der Waals surface area contributed by atoms with E-state index in [1.54, 1.807) is 12.4 Å². The quantitative estimate of drug-likeness (QED) is 0.845. The number of hydrogen-bond acceptors (Lipinski definition) is 4. The molecular formula is C16H20N4. The Hall–Kier alpha value is -2.10. The highest BCUT2D eigenvalue weighted by Gasteiger charge is 2.24. The maximum Gasteiger partial charge on any atom is 0.146 e. The van der Waals surface area contributed by atoms with Gasteiger partial charge in [-0.1, -0.05) is 31.2 Å². The van der Waals surface area contributed by atoms with Crippen LogP contribution in [0.4, 0.5) is 11.6 Å². The molecule has 0 fully saturated rings. The van der Waals surface area contributed by atoms with Crippen LogP contribution in [-0.2, 0) is 6.42 Å². The Labute approximate surface area is 119 Å². The number of benzene rings is 1. The number of aromatic nitrogens is 2. The second-order valence-corrected chi connectivity index (χ2v) is 5.20. The van der Waals surface area contributed by atoms with Gasteiger partial charge in [0, 0.05) is 19.0 Å². The van der Waals surface area contributed by atoms with Crippen LogP contribution in [-0.4, -0.2) is 23.1 Å². The zero-order valence-corrected chi connectivity index (χ0v) is 11.8. The summed E-state index contributed by atoms with van der Waals surface area (Å²) in [7, 11) is 0. The van der Waals surface area contributed by atoms with Crippen LogP contribution in [0.1, 0.15) is 30.4 Å². The van der Waals surface area contributed by atoms with E-state index in [0.29, 0.717) is 5.92 Å². The Kier molecular flexibility index (Phi) is 3.81. The predicted octanol–water partition coefficient (Wildman–Crippen LogP) is 3.05. The molecule has 1 atom stereocenters. The normalized spacial score (nSPS) is 16.1. The average molecular weight is 268 g/mol.